The third-order valence-corrected chi connectivity index (χ3v) is 5.35. The van der Waals surface area contributed by atoms with E-state index in [4.69, 9.17) is 4.74 Å². The number of ether oxygens (including phenoxy) is 1. The van der Waals surface area contributed by atoms with Crippen LogP contribution in [0.5, 0.6) is 0 Å². The van der Waals surface area contributed by atoms with Crippen LogP contribution in [0.2, 0.25) is 0 Å². The van der Waals surface area contributed by atoms with Crippen molar-refractivity contribution >= 4 is 11.9 Å². The Kier molecular flexibility index (Phi) is 4.47. The van der Waals surface area contributed by atoms with Gasteiger partial charge in [0.25, 0.3) is 5.91 Å². The lowest BCUT2D eigenvalue weighted by atomic mass is 9.97. The summed E-state index contributed by atoms with van der Waals surface area (Å²) in [5.41, 5.74) is 3.16. The molecule has 5 nitrogen and oxygen atoms in total. The minimum atomic E-state index is -0.951. The van der Waals surface area contributed by atoms with Crippen molar-refractivity contribution in [3.8, 4) is 0 Å². The SMILES string of the molecule is O=C(O)C1CCC(c2ccccc2)N1C(=O)C1Cc2ccccc2CO1. The van der Waals surface area contributed by atoms with Crippen LogP contribution in [-0.4, -0.2) is 34.0 Å². The van der Waals surface area contributed by atoms with Crippen molar-refractivity contribution in [3.63, 3.8) is 0 Å². The van der Waals surface area contributed by atoms with Gasteiger partial charge in [-0.25, -0.2) is 4.79 Å². The molecule has 134 valence electrons. The molecule has 1 N–H and O–H groups in total. The zero-order valence-electron chi connectivity index (χ0n) is 14.4. The first kappa shape index (κ1) is 16.8. The quantitative estimate of drug-likeness (QED) is 0.923. The van der Waals surface area contributed by atoms with E-state index in [2.05, 4.69) is 0 Å². The van der Waals surface area contributed by atoms with E-state index >= 15 is 0 Å². The highest BCUT2D eigenvalue weighted by Gasteiger charge is 2.44. The van der Waals surface area contributed by atoms with E-state index in [0.29, 0.717) is 25.9 Å². The second kappa shape index (κ2) is 6.92. The average molecular weight is 351 g/mol. The van der Waals surface area contributed by atoms with Crippen LogP contribution >= 0.6 is 0 Å². The van der Waals surface area contributed by atoms with Gasteiger partial charge < -0.3 is 14.7 Å². The molecule has 3 unspecified atom stereocenters. The van der Waals surface area contributed by atoms with Gasteiger partial charge in [-0.2, -0.15) is 0 Å². The van der Waals surface area contributed by atoms with Crippen molar-refractivity contribution in [2.24, 2.45) is 0 Å². The molecule has 4 rings (SSSR count). The molecule has 0 radical (unpaired) electrons. The minimum absolute atomic E-state index is 0.217. The first-order valence-electron chi connectivity index (χ1n) is 8.93. The summed E-state index contributed by atoms with van der Waals surface area (Å²) in [6.07, 6.45) is 0.968. The Hall–Kier alpha value is -2.66. The van der Waals surface area contributed by atoms with Gasteiger partial charge in [-0.15, -0.1) is 0 Å². The number of amides is 1. The van der Waals surface area contributed by atoms with E-state index in [9.17, 15) is 14.7 Å². The van der Waals surface area contributed by atoms with Crippen molar-refractivity contribution in [2.45, 2.75) is 44.1 Å². The number of fused-ring (bicyclic) bond motifs is 1. The van der Waals surface area contributed by atoms with Crippen LogP contribution in [0.25, 0.3) is 0 Å². The van der Waals surface area contributed by atoms with Crippen LogP contribution in [0, 0.1) is 0 Å². The number of carbonyl (C=O) groups excluding carboxylic acids is 1. The molecule has 2 heterocycles. The molecule has 0 saturated carbocycles. The molecule has 1 amide bonds. The largest absolute Gasteiger partial charge is 0.480 e. The van der Waals surface area contributed by atoms with Crippen LogP contribution in [0.3, 0.4) is 0 Å². The third-order valence-electron chi connectivity index (χ3n) is 5.35. The summed E-state index contributed by atoms with van der Waals surface area (Å²) in [5.74, 6) is -1.17. The Morgan fingerprint density at radius 3 is 2.38 bits per heavy atom. The highest BCUT2D eigenvalue weighted by atomic mass is 16.5. The summed E-state index contributed by atoms with van der Waals surface area (Å²) in [5, 5.41) is 9.62. The lowest BCUT2D eigenvalue weighted by Crippen LogP contribution is -2.48. The van der Waals surface area contributed by atoms with Crippen molar-refractivity contribution in [3.05, 3.63) is 71.3 Å². The maximum absolute atomic E-state index is 13.2. The minimum Gasteiger partial charge on any atom is -0.480 e. The van der Waals surface area contributed by atoms with Crippen molar-refractivity contribution in [2.75, 3.05) is 0 Å². The molecule has 5 heteroatoms. The fraction of sp³-hybridized carbons (Fsp3) is 0.333. The molecule has 0 bridgehead atoms. The summed E-state index contributed by atoms with van der Waals surface area (Å²) in [7, 11) is 0. The molecule has 3 atom stereocenters. The lowest BCUT2D eigenvalue weighted by molar-refractivity contribution is -0.157. The number of hydrogen-bond donors (Lipinski definition) is 1. The van der Waals surface area contributed by atoms with Gasteiger partial charge in [-0.1, -0.05) is 54.6 Å². The summed E-state index contributed by atoms with van der Waals surface area (Å²) < 4.78 is 5.81. The Labute approximate surface area is 152 Å². The van der Waals surface area contributed by atoms with Crippen LogP contribution in [0.15, 0.2) is 54.6 Å². The molecule has 0 spiro atoms. The molecule has 2 aromatic rings. The number of carbonyl (C=O) groups is 2. The predicted molar refractivity (Wildman–Crippen MR) is 95.4 cm³/mol. The standard InChI is InChI=1S/C21H21NO4/c23-20(19-12-15-8-4-5-9-16(15)13-26-19)22-17(10-11-18(22)21(24)25)14-6-2-1-3-7-14/h1-9,17-19H,10-13H2,(H,24,25). The van der Waals surface area contributed by atoms with Gasteiger partial charge in [-0.05, 0) is 29.5 Å². The van der Waals surface area contributed by atoms with E-state index < -0.39 is 18.1 Å². The van der Waals surface area contributed by atoms with Gasteiger partial charge in [0.15, 0.2) is 0 Å². The number of rotatable bonds is 3. The summed E-state index contributed by atoms with van der Waals surface area (Å²) in [4.78, 5) is 26.5. The molecule has 26 heavy (non-hydrogen) atoms. The van der Waals surface area contributed by atoms with Gasteiger partial charge in [-0.3, -0.25) is 4.79 Å². The Bertz CT molecular complexity index is 820. The van der Waals surface area contributed by atoms with Gasteiger partial charge in [0.1, 0.15) is 12.1 Å². The van der Waals surface area contributed by atoms with Gasteiger partial charge in [0.2, 0.25) is 0 Å². The fourth-order valence-corrected chi connectivity index (χ4v) is 4.03. The van der Waals surface area contributed by atoms with E-state index in [0.717, 1.165) is 16.7 Å². The van der Waals surface area contributed by atoms with Gasteiger partial charge >= 0.3 is 5.97 Å². The molecule has 0 aromatic heterocycles. The second-order valence-electron chi connectivity index (χ2n) is 6.88. The van der Waals surface area contributed by atoms with Crippen molar-refractivity contribution in [1.82, 2.24) is 4.90 Å². The number of hydrogen-bond acceptors (Lipinski definition) is 3. The number of carboxylic acid groups (broad SMARTS) is 1. The Morgan fingerprint density at radius 1 is 0.962 bits per heavy atom. The monoisotopic (exact) mass is 351 g/mol. The maximum Gasteiger partial charge on any atom is 0.326 e. The molecular formula is C21H21NO4. The Balaban J connectivity index is 1.62. The molecule has 1 fully saturated rings. The van der Waals surface area contributed by atoms with Crippen LogP contribution < -0.4 is 0 Å². The van der Waals surface area contributed by atoms with E-state index in [1.165, 1.54) is 4.90 Å². The fourth-order valence-electron chi connectivity index (χ4n) is 4.03. The van der Waals surface area contributed by atoms with E-state index in [-0.39, 0.29) is 11.9 Å². The maximum atomic E-state index is 13.2. The lowest BCUT2D eigenvalue weighted by Gasteiger charge is -2.34. The highest BCUT2D eigenvalue weighted by Crippen LogP contribution is 2.37. The topological polar surface area (TPSA) is 66.8 Å². The van der Waals surface area contributed by atoms with Gasteiger partial charge in [0.05, 0.1) is 12.6 Å². The third kappa shape index (κ3) is 2.99. The summed E-state index contributed by atoms with van der Waals surface area (Å²) in [6, 6.07) is 16.5. The summed E-state index contributed by atoms with van der Waals surface area (Å²) >= 11 is 0. The van der Waals surface area contributed by atoms with E-state index in [1.54, 1.807) is 0 Å². The Morgan fingerprint density at radius 2 is 1.65 bits per heavy atom. The summed E-state index contributed by atoms with van der Waals surface area (Å²) in [6.45, 7) is 0.383. The average Bonchev–Trinajstić information content (AvgIpc) is 3.13. The normalized spacial score (nSPS) is 24.9. The highest BCUT2D eigenvalue weighted by molar-refractivity contribution is 5.88. The zero-order valence-corrected chi connectivity index (χ0v) is 14.4. The van der Waals surface area contributed by atoms with Gasteiger partial charge in [0, 0.05) is 6.42 Å². The first-order chi connectivity index (χ1) is 12.6. The van der Waals surface area contributed by atoms with E-state index in [1.807, 2.05) is 54.6 Å². The second-order valence-corrected chi connectivity index (χ2v) is 6.88. The zero-order chi connectivity index (χ0) is 18.1. The molecule has 2 aromatic carbocycles. The van der Waals surface area contributed by atoms with Crippen molar-refractivity contribution in [1.29, 1.82) is 0 Å². The van der Waals surface area contributed by atoms with Crippen LogP contribution in [0.1, 0.15) is 35.6 Å². The first-order valence-corrected chi connectivity index (χ1v) is 8.93. The predicted octanol–water partition coefficient (Wildman–Crippen LogP) is 2.94. The number of carboxylic acids is 1. The number of likely N-dealkylation sites (tertiary alicyclic amines) is 1. The molecule has 2 aliphatic rings. The molecule has 1 saturated heterocycles. The van der Waals surface area contributed by atoms with Crippen molar-refractivity contribution < 1.29 is 19.4 Å². The number of benzene rings is 2. The molecule has 2 aliphatic heterocycles. The van der Waals surface area contributed by atoms with Crippen LogP contribution in [0.4, 0.5) is 0 Å². The molecule has 0 aliphatic carbocycles. The molecular weight excluding hydrogens is 330 g/mol. The van der Waals surface area contributed by atoms with Crippen LogP contribution in [-0.2, 0) is 27.4 Å². The number of nitrogens with zero attached hydrogens (tertiary/aromatic N) is 1. The smallest absolute Gasteiger partial charge is 0.326 e. The number of aliphatic carboxylic acids is 1.